The summed E-state index contributed by atoms with van der Waals surface area (Å²) in [5.74, 6) is 0.202. The Morgan fingerprint density at radius 2 is 1.82 bits per heavy atom. The fourth-order valence-corrected chi connectivity index (χ4v) is 3.53. The molecule has 2 aromatic rings. The fourth-order valence-electron chi connectivity index (χ4n) is 3.53. The first-order valence-corrected chi connectivity index (χ1v) is 9.61. The average molecular weight is 424 g/mol. The molecule has 4 nitrogen and oxygen atoms in total. The first-order chi connectivity index (χ1) is 12.7. The van der Waals surface area contributed by atoms with Gasteiger partial charge in [0.2, 0.25) is 5.91 Å². The van der Waals surface area contributed by atoms with Crippen molar-refractivity contribution in [2.75, 3.05) is 25.0 Å². The van der Waals surface area contributed by atoms with Crippen LogP contribution in [-0.2, 0) is 17.9 Å². The van der Waals surface area contributed by atoms with Crippen molar-refractivity contribution >= 4 is 36.4 Å². The van der Waals surface area contributed by atoms with E-state index in [9.17, 15) is 4.79 Å². The van der Waals surface area contributed by atoms with Gasteiger partial charge in [-0.15, -0.1) is 24.8 Å². The summed E-state index contributed by atoms with van der Waals surface area (Å²) in [6.07, 6.45) is 2.04. The number of piperidine rings is 1. The van der Waals surface area contributed by atoms with Crippen molar-refractivity contribution in [3.05, 3.63) is 65.7 Å². The second-order valence-corrected chi connectivity index (χ2v) is 7.03. The minimum absolute atomic E-state index is 0. The first-order valence-electron chi connectivity index (χ1n) is 9.61. The number of nitrogens with zero attached hydrogens (tertiary/aromatic N) is 1. The lowest BCUT2D eigenvalue weighted by molar-refractivity contribution is -0.121. The molecule has 1 saturated heterocycles. The molecule has 154 valence electrons. The lowest BCUT2D eigenvalue weighted by atomic mass is 9.96. The number of carbonyl (C=O) groups excluding carboxylic acids is 1. The summed E-state index contributed by atoms with van der Waals surface area (Å²) in [5, 5.41) is 6.44. The van der Waals surface area contributed by atoms with Crippen LogP contribution in [0.4, 0.5) is 5.69 Å². The Labute approximate surface area is 180 Å². The van der Waals surface area contributed by atoms with E-state index in [0.717, 1.165) is 51.3 Å². The van der Waals surface area contributed by atoms with Crippen LogP contribution in [0.2, 0.25) is 0 Å². The summed E-state index contributed by atoms with van der Waals surface area (Å²) in [6, 6.07) is 18.6. The van der Waals surface area contributed by atoms with Crippen LogP contribution >= 0.6 is 24.8 Å². The molecule has 6 heteroatoms. The van der Waals surface area contributed by atoms with Crippen LogP contribution in [0.5, 0.6) is 0 Å². The van der Waals surface area contributed by atoms with Crippen molar-refractivity contribution in [1.82, 2.24) is 10.2 Å². The summed E-state index contributed by atoms with van der Waals surface area (Å²) in [6.45, 7) is 6.68. The van der Waals surface area contributed by atoms with E-state index in [1.165, 1.54) is 11.1 Å². The summed E-state index contributed by atoms with van der Waals surface area (Å²) < 4.78 is 0. The van der Waals surface area contributed by atoms with Gasteiger partial charge in [-0.2, -0.15) is 0 Å². The highest BCUT2D eigenvalue weighted by Gasteiger charge is 2.25. The van der Waals surface area contributed by atoms with Gasteiger partial charge in [0.1, 0.15) is 0 Å². The van der Waals surface area contributed by atoms with Gasteiger partial charge >= 0.3 is 0 Å². The van der Waals surface area contributed by atoms with Crippen LogP contribution in [-0.4, -0.2) is 30.4 Å². The van der Waals surface area contributed by atoms with Crippen molar-refractivity contribution in [1.29, 1.82) is 0 Å². The van der Waals surface area contributed by atoms with Crippen molar-refractivity contribution < 1.29 is 4.79 Å². The minimum atomic E-state index is 0. The maximum Gasteiger partial charge on any atom is 0.228 e. The van der Waals surface area contributed by atoms with Crippen LogP contribution < -0.4 is 10.6 Å². The molecule has 2 aromatic carbocycles. The maximum atomic E-state index is 12.7. The van der Waals surface area contributed by atoms with Crippen LogP contribution in [0, 0.1) is 5.92 Å². The normalized spacial score (nSPS) is 16.5. The van der Waals surface area contributed by atoms with Gasteiger partial charge in [-0.25, -0.2) is 0 Å². The summed E-state index contributed by atoms with van der Waals surface area (Å²) >= 11 is 0. The van der Waals surface area contributed by atoms with Crippen LogP contribution in [0.15, 0.2) is 54.6 Å². The van der Waals surface area contributed by atoms with Gasteiger partial charge in [0, 0.05) is 25.3 Å². The van der Waals surface area contributed by atoms with Crippen molar-refractivity contribution in [2.24, 2.45) is 5.92 Å². The standard InChI is InChI=1S/C22H29N3O.2ClH/c1-2-23-15-19-10-6-12-21(14-19)24-22(26)20-11-7-13-25(17-20)16-18-8-4-3-5-9-18;;/h3-6,8-10,12,14,20,23H,2,7,11,13,15-17H2,1H3,(H,24,26);2*1H. The number of halogens is 2. The molecule has 0 spiro atoms. The predicted molar refractivity (Wildman–Crippen MR) is 121 cm³/mol. The summed E-state index contributed by atoms with van der Waals surface area (Å²) in [7, 11) is 0. The number of amides is 1. The minimum Gasteiger partial charge on any atom is -0.326 e. The van der Waals surface area contributed by atoms with Gasteiger partial charge in [0.15, 0.2) is 0 Å². The predicted octanol–water partition coefficient (Wildman–Crippen LogP) is 4.49. The number of nitrogens with one attached hydrogen (secondary N) is 2. The molecule has 1 unspecified atom stereocenters. The smallest absolute Gasteiger partial charge is 0.228 e. The van der Waals surface area contributed by atoms with E-state index in [-0.39, 0.29) is 36.6 Å². The van der Waals surface area contributed by atoms with E-state index in [2.05, 4.69) is 58.9 Å². The number of hydrogen-bond donors (Lipinski definition) is 2. The lowest BCUT2D eigenvalue weighted by Crippen LogP contribution is -2.40. The van der Waals surface area contributed by atoms with Crippen molar-refractivity contribution in [3.8, 4) is 0 Å². The Hall–Kier alpha value is -1.59. The molecule has 0 radical (unpaired) electrons. The first kappa shape index (κ1) is 24.4. The van der Waals surface area contributed by atoms with E-state index in [1.807, 2.05) is 18.2 Å². The Morgan fingerprint density at radius 1 is 1.07 bits per heavy atom. The molecular weight excluding hydrogens is 393 g/mol. The molecule has 1 amide bonds. The van der Waals surface area contributed by atoms with Gasteiger partial charge in [-0.1, -0.05) is 49.4 Å². The summed E-state index contributed by atoms with van der Waals surface area (Å²) in [4.78, 5) is 15.1. The summed E-state index contributed by atoms with van der Waals surface area (Å²) in [5.41, 5.74) is 3.40. The van der Waals surface area contributed by atoms with Gasteiger partial charge in [-0.3, -0.25) is 9.69 Å². The Balaban J connectivity index is 0.00000196. The molecule has 1 aliphatic rings. The molecule has 0 saturated carbocycles. The topological polar surface area (TPSA) is 44.4 Å². The van der Waals surface area contributed by atoms with E-state index < -0.39 is 0 Å². The Morgan fingerprint density at radius 3 is 2.57 bits per heavy atom. The monoisotopic (exact) mass is 423 g/mol. The third-order valence-electron chi connectivity index (χ3n) is 4.90. The zero-order chi connectivity index (χ0) is 18.2. The molecule has 3 rings (SSSR count). The molecule has 1 aliphatic heterocycles. The highest BCUT2D eigenvalue weighted by atomic mass is 35.5. The molecule has 2 N–H and O–H groups in total. The van der Waals surface area contributed by atoms with Crippen LogP contribution in [0.25, 0.3) is 0 Å². The van der Waals surface area contributed by atoms with E-state index in [0.29, 0.717) is 0 Å². The third-order valence-corrected chi connectivity index (χ3v) is 4.90. The second-order valence-electron chi connectivity index (χ2n) is 7.03. The number of anilines is 1. The molecule has 1 heterocycles. The largest absolute Gasteiger partial charge is 0.326 e. The number of benzene rings is 2. The van der Waals surface area contributed by atoms with Gasteiger partial charge < -0.3 is 10.6 Å². The van der Waals surface area contributed by atoms with Crippen molar-refractivity contribution in [3.63, 3.8) is 0 Å². The number of carbonyl (C=O) groups is 1. The van der Waals surface area contributed by atoms with E-state index in [4.69, 9.17) is 0 Å². The number of rotatable bonds is 7. The molecule has 1 fully saturated rings. The van der Waals surface area contributed by atoms with Crippen molar-refractivity contribution in [2.45, 2.75) is 32.9 Å². The highest BCUT2D eigenvalue weighted by molar-refractivity contribution is 5.92. The van der Waals surface area contributed by atoms with Gasteiger partial charge in [0.25, 0.3) is 0 Å². The molecular formula is C22H31Cl2N3O. The Bertz CT molecular complexity index is 712. The second kappa shape index (κ2) is 12.8. The zero-order valence-electron chi connectivity index (χ0n) is 16.4. The van der Waals surface area contributed by atoms with Gasteiger partial charge in [-0.05, 0) is 49.2 Å². The highest BCUT2D eigenvalue weighted by Crippen LogP contribution is 2.21. The van der Waals surface area contributed by atoms with Crippen LogP contribution in [0.1, 0.15) is 30.9 Å². The zero-order valence-corrected chi connectivity index (χ0v) is 18.0. The molecule has 0 aromatic heterocycles. The van der Waals surface area contributed by atoms with E-state index in [1.54, 1.807) is 0 Å². The molecule has 28 heavy (non-hydrogen) atoms. The number of likely N-dealkylation sites (tertiary alicyclic amines) is 1. The number of hydrogen-bond acceptors (Lipinski definition) is 3. The molecule has 0 aliphatic carbocycles. The SMILES string of the molecule is CCNCc1cccc(NC(=O)C2CCCN(Cc3ccccc3)C2)c1.Cl.Cl. The van der Waals surface area contributed by atoms with E-state index >= 15 is 0 Å². The average Bonchev–Trinajstić information content (AvgIpc) is 2.68. The third kappa shape index (κ3) is 7.44. The quantitative estimate of drug-likeness (QED) is 0.689. The Kier molecular flexibility index (Phi) is 11.2. The van der Waals surface area contributed by atoms with Gasteiger partial charge in [0.05, 0.1) is 5.92 Å². The fraction of sp³-hybridized carbons (Fsp3) is 0.409. The lowest BCUT2D eigenvalue weighted by Gasteiger charge is -2.32. The maximum absolute atomic E-state index is 12.7. The molecule has 0 bridgehead atoms. The molecule has 1 atom stereocenters. The van der Waals surface area contributed by atoms with Crippen LogP contribution in [0.3, 0.4) is 0 Å².